The highest BCUT2D eigenvalue weighted by molar-refractivity contribution is 6.33. The molecule has 0 amide bonds. The molecule has 94 valence electrons. The highest BCUT2D eigenvalue weighted by Crippen LogP contribution is 2.24. The fourth-order valence-corrected chi connectivity index (χ4v) is 2.20. The average Bonchev–Trinajstić information content (AvgIpc) is 2.38. The molecule has 2 aromatic rings. The van der Waals surface area contributed by atoms with Crippen LogP contribution >= 0.6 is 11.6 Å². The van der Waals surface area contributed by atoms with Crippen LogP contribution in [0, 0.1) is 0 Å². The van der Waals surface area contributed by atoms with Crippen LogP contribution in [0.15, 0.2) is 42.5 Å². The molecule has 2 nitrogen and oxygen atoms in total. The lowest BCUT2D eigenvalue weighted by Gasteiger charge is -2.11. The molecule has 0 bridgehead atoms. The Morgan fingerprint density at radius 2 is 1.83 bits per heavy atom. The van der Waals surface area contributed by atoms with E-state index in [1.165, 1.54) is 11.1 Å². The van der Waals surface area contributed by atoms with Gasteiger partial charge in [-0.25, -0.2) is 0 Å². The smallest absolute Gasteiger partial charge is 0.0658 e. The summed E-state index contributed by atoms with van der Waals surface area (Å²) in [5.41, 5.74) is 9.92. The van der Waals surface area contributed by atoms with Crippen LogP contribution in [0.25, 0.3) is 0 Å². The predicted molar refractivity (Wildman–Crippen MR) is 79.0 cm³/mol. The van der Waals surface area contributed by atoms with Crippen molar-refractivity contribution in [2.45, 2.75) is 19.9 Å². The monoisotopic (exact) mass is 260 g/mol. The second kappa shape index (κ2) is 5.78. The second-order valence-electron chi connectivity index (χ2n) is 4.22. The Morgan fingerprint density at radius 1 is 1.11 bits per heavy atom. The molecular formula is C15H17ClN2. The van der Waals surface area contributed by atoms with Crippen LogP contribution in [0.3, 0.4) is 0 Å². The SMILES string of the molecule is CCc1ccccc1CNc1ccc(N)cc1Cl. The Kier molecular flexibility index (Phi) is 4.11. The van der Waals surface area contributed by atoms with Crippen LogP contribution in [0.5, 0.6) is 0 Å². The van der Waals surface area contributed by atoms with Crippen LogP contribution in [-0.2, 0) is 13.0 Å². The molecule has 0 saturated carbocycles. The van der Waals surface area contributed by atoms with Gasteiger partial charge in [-0.15, -0.1) is 0 Å². The molecule has 0 unspecified atom stereocenters. The molecule has 0 spiro atoms. The van der Waals surface area contributed by atoms with Crippen LogP contribution < -0.4 is 11.1 Å². The van der Waals surface area contributed by atoms with E-state index in [2.05, 4.69) is 36.5 Å². The fourth-order valence-electron chi connectivity index (χ4n) is 1.94. The minimum Gasteiger partial charge on any atom is -0.399 e. The first-order valence-corrected chi connectivity index (χ1v) is 6.44. The summed E-state index contributed by atoms with van der Waals surface area (Å²) in [4.78, 5) is 0. The van der Waals surface area contributed by atoms with Crippen molar-refractivity contribution < 1.29 is 0 Å². The summed E-state index contributed by atoms with van der Waals surface area (Å²) in [5, 5.41) is 4.00. The highest BCUT2D eigenvalue weighted by Gasteiger charge is 2.02. The van der Waals surface area contributed by atoms with Gasteiger partial charge < -0.3 is 11.1 Å². The molecule has 2 aromatic carbocycles. The van der Waals surface area contributed by atoms with Crippen molar-refractivity contribution in [2.75, 3.05) is 11.1 Å². The van der Waals surface area contributed by atoms with Crippen LogP contribution in [0.1, 0.15) is 18.1 Å². The molecule has 2 rings (SSSR count). The first-order chi connectivity index (χ1) is 8.70. The van der Waals surface area contributed by atoms with E-state index >= 15 is 0 Å². The van der Waals surface area contributed by atoms with Crippen molar-refractivity contribution in [1.82, 2.24) is 0 Å². The number of nitrogens with two attached hydrogens (primary N) is 1. The standard InChI is InChI=1S/C15H17ClN2/c1-2-11-5-3-4-6-12(11)10-18-15-8-7-13(17)9-14(15)16/h3-9,18H,2,10,17H2,1H3. The lowest BCUT2D eigenvalue weighted by molar-refractivity contribution is 1.04. The van der Waals surface area contributed by atoms with Crippen molar-refractivity contribution in [3.63, 3.8) is 0 Å². The van der Waals surface area contributed by atoms with Crippen molar-refractivity contribution in [3.8, 4) is 0 Å². The molecule has 0 aliphatic heterocycles. The molecule has 0 aliphatic rings. The summed E-state index contributed by atoms with van der Waals surface area (Å²) in [6.07, 6.45) is 1.04. The van der Waals surface area contributed by atoms with Crippen LogP contribution in [0.4, 0.5) is 11.4 Å². The molecule has 3 N–H and O–H groups in total. The summed E-state index contributed by atoms with van der Waals surface area (Å²) < 4.78 is 0. The first-order valence-electron chi connectivity index (χ1n) is 6.06. The van der Waals surface area contributed by atoms with Gasteiger partial charge in [-0.2, -0.15) is 0 Å². The molecule has 3 heteroatoms. The summed E-state index contributed by atoms with van der Waals surface area (Å²) >= 11 is 6.13. The lowest BCUT2D eigenvalue weighted by Crippen LogP contribution is -2.03. The number of anilines is 2. The zero-order valence-corrected chi connectivity index (χ0v) is 11.2. The van der Waals surface area contributed by atoms with E-state index in [4.69, 9.17) is 17.3 Å². The van der Waals surface area contributed by atoms with Crippen molar-refractivity contribution >= 4 is 23.0 Å². The Morgan fingerprint density at radius 3 is 2.50 bits per heavy atom. The number of nitrogens with one attached hydrogen (secondary N) is 1. The number of rotatable bonds is 4. The van der Waals surface area contributed by atoms with Gasteiger partial charge in [0.25, 0.3) is 0 Å². The number of hydrogen-bond acceptors (Lipinski definition) is 2. The fraction of sp³-hybridized carbons (Fsp3) is 0.200. The molecule has 0 aromatic heterocycles. The maximum absolute atomic E-state index is 6.13. The first kappa shape index (κ1) is 12.8. The quantitative estimate of drug-likeness (QED) is 0.813. The maximum atomic E-state index is 6.13. The van der Waals surface area contributed by atoms with E-state index in [0.29, 0.717) is 10.7 Å². The largest absolute Gasteiger partial charge is 0.399 e. The lowest BCUT2D eigenvalue weighted by atomic mass is 10.1. The highest BCUT2D eigenvalue weighted by atomic mass is 35.5. The third-order valence-corrected chi connectivity index (χ3v) is 3.27. The van der Waals surface area contributed by atoms with Gasteiger partial charge in [0, 0.05) is 12.2 Å². The topological polar surface area (TPSA) is 38.0 Å². The summed E-state index contributed by atoms with van der Waals surface area (Å²) in [6, 6.07) is 13.9. The van der Waals surface area contributed by atoms with Crippen molar-refractivity contribution in [3.05, 3.63) is 58.6 Å². The Bertz CT molecular complexity index is 538. The van der Waals surface area contributed by atoms with Gasteiger partial charge in [-0.3, -0.25) is 0 Å². The summed E-state index contributed by atoms with van der Waals surface area (Å²) in [5.74, 6) is 0. The Hall–Kier alpha value is -1.67. The van der Waals surface area contributed by atoms with Gasteiger partial charge in [0.05, 0.1) is 10.7 Å². The van der Waals surface area contributed by atoms with E-state index in [9.17, 15) is 0 Å². The minimum absolute atomic E-state index is 0.656. The third kappa shape index (κ3) is 2.96. The van der Waals surface area contributed by atoms with E-state index in [1.54, 1.807) is 6.07 Å². The zero-order valence-electron chi connectivity index (χ0n) is 10.4. The van der Waals surface area contributed by atoms with Gasteiger partial charge >= 0.3 is 0 Å². The van der Waals surface area contributed by atoms with E-state index < -0.39 is 0 Å². The number of halogens is 1. The molecule has 18 heavy (non-hydrogen) atoms. The number of aryl methyl sites for hydroxylation is 1. The average molecular weight is 261 g/mol. The maximum Gasteiger partial charge on any atom is 0.0658 e. The second-order valence-corrected chi connectivity index (χ2v) is 4.62. The molecule has 0 heterocycles. The molecule has 0 fully saturated rings. The zero-order chi connectivity index (χ0) is 13.0. The van der Waals surface area contributed by atoms with Gasteiger partial charge in [0.1, 0.15) is 0 Å². The minimum atomic E-state index is 0.656. The molecule has 0 saturated heterocycles. The van der Waals surface area contributed by atoms with Gasteiger partial charge in [0.15, 0.2) is 0 Å². The van der Waals surface area contributed by atoms with E-state index in [0.717, 1.165) is 18.7 Å². The Labute approximate surface area is 113 Å². The predicted octanol–water partition coefficient (Wildman–Crippen LogP) is 4.10. The summed E-state index contributed by atoms with van der Waals surface area (Å²) in [7, 11) is 0. The third-order valence-electron chi connectivity index (χ3n) is 2.96. The van der Waals surface area contributed by atoms with Crippen LogP contribution in [0.2, 0.25) is 5.02 Å². The normalized spacial score (nSPS) is 10.3. The van der Waals surface area contributed by atoms with E-state index in [1.807, 2.05) is 12.1 Å². The van der Waals surface area contributed by atoms with Crippen molar-refractivity contribution in [1.29, 1.82) is 0 Å². The molecule has 0 atom stereocenters. The van der Waals surface area contributed by atoms with Crippen LogP contribution in [-0.4, -0.2) is 0 Å². The van der Waals surface area contributed by atoms with E-state index in [-0.39, 0.29) is 0 Å². The number of hydrogen-bond donors (Lipinski definition) is 2. The molecular weight excluding hydrogens is 244 g/mol. The number of nitrogen functional groups attached to an aromatic ring is 1. The van der Waals surface area contributed by atoms with Gasteiger partial charge in [0.2, 0.25) is 0 Å². The van der Waals surface area contributed by atoms with Crippen molar-refractivity contribution in [2.24, 2.45) is 0 Å². The molecule has 0 radical (unpaired) electrons. The Balaban J connectivity index is 2.11. The molecule has 0 aliphatic carbocycles. The van der Waals surface area contributed by atoms with Gasteiger partial charge in [-0.1, -0.05) is 42.8 Å². The summed E-state index contributed by atoms with van der Waals surface area (Å²) in [6.45, 7) is 2.93. The number of benzene rings is 2. The van der Waals surface area contributed by atoms with Gasteiger partial charge in [-0.05, 0) is 35.7 Å².